The summed E-state index contributed by atoms with van der Waals surface area (Å²) < 4.78 is 0. The summed E-state index contributed by atoms with van der Waals surface area (Å²) in [5, 5.41) is 2.18. The Morgan fingerprint density at radius 1 is 1.10 bits per heavy atom. The molecule has 112 valence electrons. The van der Waals surface area contributed by atoms with Gasteiger partial charge in [0.15, 0.2) is 0 Å². The molecule has 0 saturated carbocycles. The fourth-order valence-corrected chi connectivity index (χ4v) is 2.30. The van der Waals surface area contributed by atoms with E-state index in [9.17, 15) is 14.4 Å². The first kappa shape index (κ1) is 15.2. The molecule has 1 saturated heterocycles. The highest BCUT2D eigenvalue weighted by molar-refractivity contribution is 6.02. The number of piperazine rings is 1. The number of hydrogen-bond acceptors (Lipinski definition) is 3. The first-order valence-electron chi connectivity index (χ1n) is 7.26. The van der Waals surface area contributed by atoms with Crippen LogP contribution in [0.2, 0.25) is 0 Å². The maximum atomic E-state index is 12.1. The molecule has 1 aromatic carbocycles. The van der Waals surface area contributed by atoms with Gasteiger partial charge >= 0.3 is 0 Å². The summed E-state index contributed by atoms with van der Waals surface area (Å²) in [5.74, 6) is -1.04. The summed E-state index contributed by atoms with van der Waals surface area (Å²) in [6, 6.07) is 7.95. The van der Waals surface area contributed by atoms with E-state index < -0.39 is 11.8 Å². The Balaban J connectivity index is 1.93. The fraction of sp³-hybridized carbons (Fsp3) is 0.438. The number of hydrogen-bond donors (Lipinski definition) is 1. The van der Waals surface area contributed by atoms with Crippen molar-refractivity contribution in [3.05, 3.63) is 35.4 Å². The van der Waals surface area contributed by atoms with E-state index in [0.29, 0.717) is 0 Å². The zero-order valence-electron chi connectivity index (χ0n) is 12.2. The maximum absolute atomic E-state index is 12.1. The van der Waals surface area contributed by atoms with Gasteiger partial charge in [-0.3, -0.25) is 19.7 Å². The van der Waals surface area contributed by atoms with Crippen LogP contribution in [0.4, 0.5) is 0 Å². The van der Waals surface area contributed by atoms with Crippen molar-refractivity contribution >= 4 is 17.7 Å². The monoisotopic (exact) mass is 288 g/mol. The van der Waals surface area contributed by atoms with Crippen molar-refractivity contribution in [3.63, 3.8) is 0 Å². The van der Waals surface area contributed by atoms with Crippen molar-refractivity contribution in [1.82, 2.24) is 10.2 Å². The third-order valence-electron chi connectivity index (χ3n) is 3.50. The van der Waals surface area contributed by atoms with Crippen LogP contribution in [-0.4, -0.2) is 35.7 Å². The van der Waals surface area contributed by atoms with Gasteiger partial charge in [0.1, 0.15) is 13.1 Å². The molecule has 0 aromatic heterocycles. The van der Waals surface area contributed by atoms with Gasteiger partial charge < -0.3 is 4.90 Å². The Morgan fingerprint density at radius 2 is 1.67 bits per heavy atom. The number of aryl methyl sites for hydroxylation is 1. The standard InChI is InChI=1S/C16H20N2O3/c1-2-3-4-12-5-7-13(8-6-12)9-16(21)18-10-14(19)17-15(20)11-18/h5-8H,2-4,9-11H2,1H3,(H,17,19,20). The molecule has 0 aliphatic carbocycles. The average Bonchev–Trinajstić information content (AvgIpc) is 2.45. The van der Waals surface area contributed by atoms with Crippen molar-refractivity contribution in [2.75, 3.05) is 13.1 Å². The van der Waals surface area contributed by atoms with Crippen LogP contribution in [0.1, 0.15) is 30.9 Å². The summed E-state index contributed by atoms with van der Waals surface area (Å²) in [6.07, 6.45) is 3.58. The minimum Gasteiger partial charge on any atom is -0.324 e. The molecular formula is C16H20N2O3. The van der Waals surface area contributed by atoms with Crippen molar-refractivity contribution in [2.24, 2.45) is 0 Å². The minimum absolute atomic E-state index is 0.0425. The van der Waals surface area contributed by atoms with Gasteiger partial charge in [-0.15, -0.1) is 0 Å². The van der Waals surface area contributed by atoms with Gasteiger partial charge in [0.05, 0.1) is 6.42 Å². The highest BCUT2D eigenvalue weighted by Gasteiger charge is 2.26. The maximum Gasteiger partial charge on any atom is 0.246 e. The van der Waals surface area contributed by atoms with Gasteiger partial charge in [0.25, 0.3) is 0 Å². The smallest absolute Gasteiger partial charge is 0.246 e. The van der Waals surface area contributed by atoms with Gasteiger partial charge in [-0.2, -0.15) is 0 Å². The van der Waals surface area contributed by atoms with Gasteiger partial charge in [0, 0.05) is 0 Å². The molecular weight excluding hydrogens is 268 g/mol. The quantitative estimate of drug-likeness (QED) is 0.824. The van der Waals surface area contributed by atoms with Gasteiger partial charge in [0.2, 0.25) is 17.7 Å². The van der Waals surface area contributed by atoms with Crippen LogP contribution >= 0.6 is 0 Å². The Labute approximate surface area is 124 Å². The molecule has 1 aliphatic rings. The normalized spacial score (nSPS) is 15.0. The van der Waals surface area contributed by atoms with Crippen LogP contribution in [0.3, 0.4) is 0 Å². The van der Waals surface area contributed by atoms with E-state index >= 15 is 0 Å². The van der Waals surface area contributed by atoms with E-state index in [0.717, 1.165) is 24.8 Å². The first-order chi connectivity index (χ1) is 10.1. The molecule has 0 radical (unpaired) electrons. The average molecular weight is 288 g/mol. The second-order valence-corrected chi connectivity index (χ2v) is 5.32. The zero-order valence-corrected chi connectivity index (χ0v) is 12.2. The van der Waals surface area contributed by atoms with Gasteiger partial charge in [-0.1, -0.05) is 37.6 Å². The van der Waals surface area contributed by atoms with E-state index in [-0.39, 0.29) is 25.4 Å². The molecule has 1 aliphatic heterocycles. The Morgan fingerprint density at radius 3 is 2.24 bits per heavy atom. The molecule has 5 heteroatoms. The number of amides is 3. The number of imide groups is 1. The highest BCUT2D eigenvalue weighted by atomic mass is 16.2. The summed E-state index contributed by atoms with van der Waals surface area (Å²) in [6.45, 7) is 2.07. The van der Waals surface area contributed by atoms with Crippen LogP contribution in [0, 0.1) is 0 Å². The number of nitrogens with zero attached hydrogens (tertiary/aromatic N) is 1. The molecule has 0 unspecified atom stereocenters. The zero-order chi connectivity index (χ0) is 15.2. The van der Waals surface area contributed by atoms with E-state index in [2.05, 4.69) is 12.2 Å². The van der Waals surface area contributed by atoms with Crippen molar-refractivity contribution < 1.29 is 14.4 Å². The van der Waals surface area contributed by atoms with Crippen molar-refractivity contribution in [3.8, 4) is 0 Å². The van der Waals surface area contributed by atoms with E-state index in [4.69, 9.17) is 0 Å². The number of carbonyl (C=O) groups is 3. The number of rotatable bonds is 5. The Kier molecular flexibility index (Phi) is 5.09. The molecule has 0 spiro atoms. The Hall–Kier alpha value is -2.17. The SMILES string of the molecule is CCCCc1ccc(CC(=O)N2CC(=O)NC(=O)C2)cc1. The predicted octanol–water partition coefficient (Wildman–Crippen LogP) is 1.06. The number of benzene rings is 1. The van der Waals surface area contributed by atoms with Gasteiger partial charge in [-0.05, 0) is 24.0 Å². The van der Waals surface area contributed by atoms with E-state index in [1.165, 1.54) is 10.5 Å². The largest absolute Gasteiger partial charge is 0.324 e. The molecule has 0 bridgehead atoms. The molecule has 5 nitrogen and oxygen atoms in total. The van der Waals surface area contributed by atoms with Crippen LogP contribution in [0.5, 0.6) is 0 Å². The summed E-state index contributed by atoms with van der Waals surface area (Å²) in [7, 11) is 0. The number of nitrogens with one attached hydrogen (secondary N) is 1. The molecule has 1 heterocycles. The van der Waals surface area contributed by atoms with Crippen LogP contribution in [0.25, 0.3) is 0 Å². The summed E-state index contributed by atoms with van der Waals surface area (Å²) in [4.78, 5) is 35.9. The lowest BCUT2D eigenvalue weighted by atomic mass is 10.0. The topological polar surface area (TPSA) is 66.5 Å². The molecule has 1 aromatic rings. The first-order valence-corrected chi connectivity index (χ1v) is 7.26. The highest BCUT2D eigenvalue weighted by Crippen LogP contribution is 2.10. The fourth-order valence-electron chi connectivity index (χ4n) is 2.30. The lowest BCUT2D eigenvalue weighted by Gasteiger charge is -2.25. The Bertz CT molecular complexity index is 521. The molecule has 3 amide bonds. The second kappa shape index (κ2) is 7.02. The van der Waals surface area contributed by atoms with E-state index in [1.807, 2.05) is 24.3 Å². The molecule has 0 atom stereocenters. The summed E-state index contributed by atoms with van der Waals surface area (Å²) >= 11 is 0. The number of unbranched alkanes of at least 4 members (excludes halogenated alkanes) is 1. The van der Waals surface area contributed by atoms with Crippen LogP contribution < -0.4 is 5.32 Å². The third kappa shape index (κ3) is 4.41. The van der Waals surface area contributed by atoms with Crippen molar-refractivity contribution in [2.45, 2.75) is 32.6 Å². The van der Waals surface area contributed by atoms with Gasteiger partial charge in [-0.25, -0.2) is 0 Å². The summed E-state index contributed by atoms with van der Waals surface area (Å²) in [5.41, 5.74) is 2.17. The molecule has 21 heavy (non-hydrogen) atoms. The van der Waals surface area contributed by atoms with Crippen LogP contribution in [0.15, 0.2) is 24.3 Å². The van der Waals surface area contributed by atoms with Crippen molar-refractivity contribution in [1.29, 1.82) is 0 Å². The molecule has 1 N–H and O–H groups in total. The second-order valence-electron chi connectivity index (χ2n) is 5.32. The molecule has 1 fully saturated rings. The lowest BCUT2D eigenvalue weighted by Crippen LogP contribution is -2.53. The minimum atomic E-state index is -0.422. The lowest BCUT2D eigenvalue weighted by molar-refractivity contribution is -0.145. The molecule has 2 rings (SSSR count). The predicted molar refractivity (Wildman–Crippen MR) is 78.5 cm³/mol. The number of carbonyl (C=O) groups excluding carboxylic acids is 3. The van der Waals surface area contributed by atoms with E-state index in [1.54, 1.807) is 0 Å². The van der Waals surface area contributed by atoms with Crippen LogP contribution in [-0.2, 0) is 27.2 Å². The third-order valence-corrected chi connectivity index (χ3v) is 3.50.